The quantitative estimate of drug-likeness (QED) is 0.557. The van der Waals surface area contributed by atoms with E-state index in [2.05, 4.69) is 23.1 Å². The van der Waals surface area contributed by atoms with Gasteiger partial charge in [0.25, 0.3) is 0 Å². The van der Waals surface area contributed by atoms with Gasteiger partial charge in [-0.3, -0.25) is 4.98 Å². The molecule has 2 heterocycles. The Bertz CT molecular complexity index is 961. The molecule has 0 spiro atoms. The summed E-state index contributed by atoms with van der Waals surface area (Å²) in [5, 5.41) is 11.5. The molecule has 1 N–H and O–H groups in total. The highest BCUT2D eigenvalue weighted by Gasteiger charge is 2.20. The molecule has 1 aromatic heterocycles. The highest BCUT2D eigenvalue weighted by molar-refractivity contribution is 5.98. The van der Waals surface area contributed by atoms with Crippen molar-refractivity contribution in [3.05, 3.63) is 59.5 Å². The third-order valence-electron chi connectivity index (χ3n) is 5.47. The molecule has 1 fully saturated rings. The van der Waals surface area contributed by atoms with Crippen LogP contribution in [0.3, 0.4) is 0 Å². The molecule has 2 aromatic carbocycles. The van der Waals surface area contributed by atoms with Crippen molar-refractivity contribution in [1.29, 1.82) is 0 Å². The molecule has 0 radical (unpaired) electrons. The van der Waals surface area contributed by atoms with Crippen molar-refractivity contribution in [2.45, 2.75) is 53.1 Å². The van der Waals surface area contributed by atoms with Crippen molar-refractivity contribution in [2.75, 3.05) is 18.0 Å². The monoisotopic (exact) mass is 394 g/mol. The first-order chi connectivity index (χ1) is 14.0. The Kier molecular flexibility index (Phi) is 6.86. The Labute approximate surface area is 173 Å². The summed E-state index contributed by atoms with van der Waals surface area (Å²) < 4.78 is 13.5. The highest BCUT2D eigenvalue weighted by Crippen LogP contribution is 2.38. The molecule has 154 valence electrons. The van der Waals surface area contributed by atoms with Gasteiger partial charge in [-0.2, -0.15) is 0 Å². The van der Waals surface area contributed by atoms with E-state index in [1.54, 1.807) is 19.1 Å². The van der Waals surface area contributed by atoms with Gasteiger partial charge in [0.2, 0.25) is 0 Å². The van der Waals surface area contributed by atoms with Gasteiger partial charge in [0.1, 0.15) is 5.82 Å². The fourth-order valence-corrected chi connectivity index (χ4v) is 4.18. The lowest BCUT2D eigenvalue weighted by atomic mass is 9.91. The third kappa shape index (κ3) is 4.43. The Morgan fingerprint density at radius 1 is 1.00 bits per heavy atom. The second-order valence-electron chi connectivity index (χ2n) is 7.42. The van der Waals surface area contributed by atoms with E-state index in [1.165, 1.54) is 37.1 Å². The zero-order chi connectivity index (χ0) is 21.0. The van der Waals surface area contributed by atoms with Crippen molar-refractivity contribution in [2.24, 2.45) is 0 Å². The van der Waals surface area contributed by atoms with Crippen LogP contribution in [0.1, 0.15) is 57.4 Å². The molecule has 1 aliphatic heterocycles. The van der Waals surface area contributed by atoms with Gasteiger partial charge in [-0.25, -0.2) is 4.39 Å². The predicted molar refractivity (Wildman–Crippen MR) is 120 cm³/mol. The van der Waals surface area contributed by atoms with Gasteiger partial charge in [0.05, 0.1) is 11.6 Å². The number of hydrogen-bond donors (Lipinski definition) is 1. The molecule has 29 heavy (non-hydrogen) atoms. The lowest BCUT2D eigenvalue weighted by Crippen LogP contribution is -2.29. The number of aromatic nitrogens is 1. The number of rotatable bonds is 3. The van der Waals surface area contributed by atoms with Gasteiger partial charge < -0.3 is 10.0 Å². The lowest BCUT2D eigenvalue weighted by molar-refractivity contribution is 0.199. The summed E-state index contributed by atoms with van der Waals surface area (Å²) >= 11 is 0. The van der Waals surface area contributed by atoms with Crippen LogP contribution in [0.15, 0.2) is 42.5 Å². The maximum atomic E-state index is 13.5. The summed E-state index contributed by atoms with van der Waals surface area (Å²) in [7, 11) is 0. The topological polar surface area (TPSA) is 36.4 Å². The molecule has 4 heteroatoms. The van der Waals surface area contributed by atoms with Crippen LogP contribution >= 0.6 is 0 Å². The first-order valence-corrected chi connectivity index (χ1v) is 10.7. The SMILES string of the molecule is CC.Cc1nc2ccc(N3CCCCC3)cc2c(-c2ccc(F)cc2)c1C(C)O. The molecule has 1 unspecified atom stereocenters. The number of nitrogens with zero attached hydrogens (tertiary/aromatic N) is 2. The van der Waals surface area contributed by atoms with Crippen LogP contribution < -0.4 is 4.90 Å². The van der Waals surface area contributed by atoms with Crippen molar-refractivity contribution in [3.8, 4) is 11.1 Å². The summed E-state index contributed by atoms with van der Waals surface area (Å²) in [5.41, 5.74) is 5.56. The van der Waals surface area contributed by atoms with Crippen LogP contribution in [-0.4, -0.2) is 23.2 Å². The number of pyridine rings is 1. The Morgan fingerprint density at radius 2 is 1.66 bits per heavy atom. The number of aliphatic hydroxyl groups is 1. The van der Waals surface area contributed by atoms with Crippen LogP contribution in [0.4, 0.5) is 10.1 Å². The maximum Gasteiger partial charge on any atom is 0.123 e. The first-order valence-electron chi connectivity index (χ1n) is 10.7. The van der Waals surface area contributed by atoms with E-state index in [1.807, 2.05) is 20.8 Å². The van der Waals surface area contributed by atoms with E-state index in [-0.39, 0.29) is 5.82 Å². The Balaban J connectivity index is 0.00000117. The van der Waals surface area contributed by atoms with Gasteiger partial charge in [-0.1, -0.05) is 26.0 Å². The summed E-state index contributed by atoms with van der Waals surface area (Å²) in [5.74, 6) is -0.263. The van der Waals surface area contributed by atoms with Crippen LogP contribution in [0.5, 0.6) is 0 Å². The number of aryl methyl sites for hydroxylation is 1. The lowest BCUT2D eigenvalue weighted by Gasteiger charge is -2.29. The summed E-state index contributed by atoms with van der Waals surface area (Å²) in [4.78, 5) is 7.15. The molecule has 1 saturated heterocycles. The molecule has 0 bridgehead atoms. The van der Waals surface area contributed by atoms with E-state index in [9.17, 15) is 9.50 Å². The predicted octanol–water partition coefficient (Wildman–Crippen LogP) is 6.42. The second kappa shape index (κ2) is 9.36. The molecule has 3 aromatic rings. The van der Waals surface area contributed by atoms with Crippen molar-refractivity contribution >= 4 is 16.6 Å². The molecule has 3 nitrogen and oxygen atoms in total. The van der Waals surface area contributed by atoms with Crippen molar-refractivity contribution < 1.29 is 9.50 Å². The number of anilines is 1. The van der Waals surface area contributed by atoms with Crippen LogP contribution in [0.25, 0.3) is 22.0 Å². The minimum absolute atomic E-state index is 0.263. The van der Waals surface area contributed by atoms with Crippen LogP contribution in [-0.2, 0) is 0 Å². The number of benzene rings is 2. The smallest absolute Gasteiger partial charge is 0.123 e. The largest absolute Gasteiger partial charge is 0.389 e. The molecular weight excluding hydrogens is 363 g/mol. The Hall–Kier alpha value is -2.46. The van der Waals surface area contributed by atoms with E-state index in [0.29, 0.717) is 0 Å². The Morgan fingerprint density at radius 3 is 2.28 bits per heavy atom. The van der Waals surface area contributed by atoms with Crippen molar-refractivity contribution in [3.63, 3.8) is 0 Å². The number of piperidine rings is 1. The molecular formula is C25H31FN2O. The van der Waals surface area contributed by atoms with Crippen LogP contribution in [0.2, 0.25) is 0 Å². The molecule has 0 amide bonds. The molecule has 0 saturated carbocycles. The van der Waals surface area contributed by atoms with E-state index < -0.39 is 6.10 Å². The average molecular weight is 395 g/mol. The van der Waals surface area contributed by atoms with Gasteiger partial charge in [-0.05, 0) is 74.6 Å². The zero-order valence-corrected chi connectivity index (χ0v) is 17.9. The fourth-order valence-electron chi connectivity index (χ4n) is 4.18. The number of hydrogen-bond acceptors (Lipinski definition) is 3. The molecule has 1 atom stereocenters. The first kappa shape index (κ1) is 21.3. The highest BCUT2D eigenvalue weighted by atomic mass is 19.1. The number of halogens is 1. The fraction of sp³-hybridized carbons (Fsp3) is 0.400. The second-order valence-corrected chi connectivity index (χ2v) is 7.42. The summed E-state index contributed by atoms with van der Waals surface area (Å²) in [6.45, 7) is 9.82. The van der Waals surface area contributed by atoms with E-state index in [0.717, 1.165) is 46.4 Å². The van der Waals surface area contributed by atoms with Gasteiger partial charge in [0.15, 0.2) is 0 Å². The zero-order valence-electron chi connectivity index (χ0n) is 17.9. The maximum absolute atomic E-state index is 13.5. The van der Waals surface area contributed by atoms with E-state index in [4.69, 9.17) is 4.98 Å². The standard InChI is InChI=1S/C23H25FN2O.C2H6/c1-15-22(16(2)27)23(17-6-8-18(24)9-7-17)20-14-19(10-11-21(20)25-15)26-12-4-3-5-13-26;1-2/h6-11,14,16,27H,3-5,12-13H2,1-2H3;1-2H3. The van der Waals surface area contributed by atoms with Crippen LogP contribution in [0, 0.1) is 12.7 Å². The van der Waals surface area contributed by atoms with E-state index >= 15 is 0 Å². The van der Waals surface area contributed by atoms with Gasteiger partial charge in [0, 0.05) is 35.4 Å². The average Bonchev–Trinajstić information content (AvgIpc) is 2.75. The number of aliphatic hydroxyl groups excluding tert-OH is 1. The molecule has 1 aliphatic rings. The third-order valence-corrected chi connectivity index (χ3v) is 5.47. The molecule has 0 aliphatic carbocycles. The minimum Gasteiger partial charge on any atom is -0.389 e. The molecule has 4 rings (SSSR count). The summed E-state index contributed by atoms with van der Waals surface area (Å²) in [6.07, 6.45) is 3.07. The minimum atomic E-state index is -0.652. The normalized spacial score (nSPS) is 15.0. The number of fused-ring (bicyclic) bond motifs is 1. The van der Waals surface area contributed by atoms with Gasteiger partial charge >= 0.3 is 0 Å². The summed E-state index contributed by atoms with van der Waals surface area (Å²) in [6, 6.07) is 12.9. The van der Waals surface area contributed by atoms with Crippen molar-refractivity contribution in [1.82, 2.24) is 4.98 Å². The van der Waals surface area contributed by atoms with Gasteiger partial charge in [-0.15, -0.1) is 0 Å².